The molecule has 0 aliphatic rings. The van der Waals surface area contributed by atoms with Gasteiger partial charge in [-0.15, -0.1) is 0 Å². The molecule has 0 unspecified atom stereocenters. The highest BCUT2D eigenvalue weighted by atomic mass is 16.1. The maximum atomic E-state index is 10.6. The van der Waals surface area contributed by atoms with Crippen LogP contribution in [0.4, 0.5) is 0 Å². The van der Waals surface area contributed by atoms with Crippen LogP contribution in [0.1, 0.15) is 31.8 Å². The van der Waals surface area contributed by atoms with Crippen LogP contribution < -0.4 is 0 Å². The second kappa shape index (κ2) is 4.46. The predicted octanol–water partition coefficient (Wildman–Crippen LogP) is 1.36. The summed E-state index contributed by atoms with van der Waals surface area (Å²) in [6.45, 7) is 1.76. The fourth-order valence-corrected chi connectivity index (χ4v) is 1.32. The number of carbonyl (C=O) groups excluding carboxylic acids is 3. The number of rotatable bonds is 4. The molecular weight excluding hydrogens is 180 g/mol. The molecule has 0 fully saturated rings. The highest BCUT2D eigenvalue weighted by molar-refractivity contribution is 5.84. The van der Waals surface area contributed by atoms with Crippen molar-refractivity contribution in [3.8, 4) is 0 Å². The lowest BCUT2D eigenvalue weighted by atomic mass is 9.98. The van der Waals surface area contributed by atoms with Crippen LogP contribution >= 0.6 is 0 Å². The van der Waals surface area contributed by atoms with Crippen molar-refractivity contribution in [3.05, 3.63) is 34.4 Å². The van der Waals surface area contributed by atoms with E-state index in [-0.39, 0.29) is 6.42 Å². The van der Waals surface area contributed by atoms with Crippen molar-refractivity contribution in [2.75, 3.05) is 0 Å². The minimum Gasteiger partial charge on any atom is -0.303 e. The second-order valence-electron chi connectivity index (χ2n) is 3.00. The molecular formula is C11H10O3. The third-order valence-electron chi connectivity index (χ3n) is 2.14. The van der Waals surface area contributed by atoms with Crippen LogP contribution in [0.5, 0.6) is 0 Å². The van der Waals surface area contributed by atoms with Crippen molar-refractivity contribution in [2.45, 2.75) is 13.3 Å². The molecule has 0 aliphatic carbocycles. The zero-order chi connectivity index (χ0) is 10.6. The van der Waals surface area contributed by atoms with Crippen LogP contribution in [0, 0.1) is 6.92 Å². The summed E-state index contributed by atoms with van der Waals surface area (Å²) in [4.78, 5) is 31.5. The Labute approximate surface area is 81.7 Å². The first-order valence-electron chi connectivity index (χ1n) is 4.20. The molecule has 0 aromatic heterocycles. The van der Waals surface area contributed by atoms with E-state index in [1.807, 2.05) is 0 Å². The maximum absolute atomic E-state index is 10.6. The van der Waals surface area contributed by atoms with Gasteiger partial charge in [-0.1, -0.05) is 0 Å². The van der Waals surface area contributed by atoms with Crippen LogP contribution in [0.2, 0.25) is 0 Å². The van der Waals surface area contributed by atoms with Gasteiger partial charge < -0.3 is 4.79 Å². The van der Waals surface area contributed by atoms with E-state index in [9.17, 15) is 14.4 Å². The van der Waals surface area contributed by atoms with Crippen LogP contribution in [-0.2, 0) is 11.2 Å². The monoisotopic (exact) mass is 190 g/mol. The summed E-state index contributed by atoms with van der Waals surface area (Å²) >= 11 is 0. The average molecular weight is 190 g/mol. The van der Waals surface area contributed by atoms with Gasteiger partial charge in [-0.05, 0) is 30.2 Å². The Kier molecular flexibility index (Phi) is 3.29. The Morgan fingerprint density at radius 3 is 2.36 bits per heavy atom. The lowest BCUT2D eigenvalue weighted by Crippen LogP contribution is -1.98. The van der Waals surface area contributed by atoms with Crippen LogP contribution in [0.25, 0.3) is 0 Å². The molecule has 0 N–H and O–H groups in total. The highest BCUT2D eigenvalue weighted by Gasteiger charge is 2.05. The molecule has 14 heavy (non-hydrogen) atoms. The molecule has 1 aromatic carbocycles. The van der Waals surface area contributed by atoms with Gasteiger partial charge in [0.05, 0.1) is 0 Å². The Morgan fingerprint density at radius 2 is 1.86 bits per heavy atom. The molecule has 3 heteroatoms. The number of carbonyl (C=O) groups is 3. The summed E-state index contributed by atoms with van der Waals surface area (Å²) in [6, 6.07) is 3.15. The Balaban J connectivity index is 3.32. The first-order chi connectivity index (χ1) is 6.72. The first kappa shape index (κ1) is 10.3. The fraction of sp³-hybridized carbons (Fsp3) is 0.182. The van der Waals surface area contributed by atoms with Crippen LogP contribution in [0.3, 0.4) is 0 Å². The summed E-state index contributed by atoms with van der Waals surface area (Å²) in [6.07, 6.45) is 2.34. The minimum atomic E-state index is 0.231. The topological polar surface area (TPSA) is 51.2 Å². The SMILES string of the molecule is Cc1c(C=O)cc(C=O)cc1CC=O. The highest BCUT2D eigenvalue weighted by Crippen LogP contribution is 2.14. The molecule has 1 aromatic rings. The molecule has 0 heterocycles. The molecule has 0 saturated heterocycles. The van der Waals surface area contributed by atoms with E-state index in [1.54, 1.807) is 13.0 Å². The molecule has 72 valence electrons. The van der Waals surface area contributed by atoms with E-state index >= 15 is 0 Å². The molecule has 0 radical (unpaired) electrons. The van der Waals surface area contributed by atoms with Gasteiger partial charge in [-0.3, -0.25) is 9.59 Å². The number of aldehydes is 3. The van der Waals surface area contributed by atoms with Gasteiger partial charge in [0.25, 0.3) is 0 Å². The molecule has 3 nitrogen and oxygen atoms in total. The first-order valence-corrected chi connectivity index (χ1v) is 4.20. The Morgan fingerprint density at radius 1 is 1.14 bits per heavy atom. The Bertz CT molecular complexity index is 380. The zero-order valence-electron chi connectivity index (χ0n) is 7.82. The Hall–Kier alpha value is -1.77. The molecule has 0 atom stereocenters. The molecule has 0 bridgehead atoms. The zero-order valence-corrected chi connectivity index (χ0v) is 7.82. The maximum Gasteiger partial charge on any atom is 0.150 e. The minimum absolute atomic E-state index is 0.231. The van der Waals surface area contributed by atoms with Crippen molar-refractivity contribution >= 4 is 18.9 Å². The van der Waals surface area contributed by atoms with Gasteiger partial charge in [0.1, 0.15) is 18.9 Å². The summed E-state index contributed by atoms with van der Waals surface area (Å²) < 4.78 is 0. The van der Waals surface area contributed by atoms with Gasteiger partial charge >= 0.3 is 0 Å². The van der Waals surface area contributed by atoms with E-state index in [0.29, 0.717) is 23.7 Å². The van der Waals surface area contributed by atoms with Gasteiger partial charge in [0.15, 0.2) is 0 Å². The summed E-state index contributed by atoms with van der Waals surface area (Å²) in [5.74, 6) is 0. The third kappa shape index (κ3) is 1.93. The van der Waals surface area contributed by atoms with E-state index in [2.05, 4.69) is 0 Å². The average Bonchev–Trinajstić information content (AvgIpc) is 2.21. The van der Waals surface area contributed by atoms with E-state index in [4.69, 9.17) is 0 Å². The van der Waals surface area contributed by atoms with Crippen molar-refractivity contribution in [1.82, 2.24) is 0 Å². The molecule has 0 amide bonds. The fourth-order valence-electron chi connectivity index (χ4n) is 1.32. The number of hydrogen-bond acceptors (Lipinski definition) is 3. The smallest absolute Gasteiger partial charge is 0.150 e. The summed E-state index contributed by atoms with van der Waals surface area (Å²) in [5, 5.41) is 0. The van der Waals surface area contributed by atoms with Crippen molar-refractivity contribution < 1.29 is 14.4 Å². The number of hydrogen-bond donors (Lipinski definition) is 0. The van der Waals surface area contributed by atoms with Crippen molar-refractivity contribution in [1.29, 1.82) is 0 Å². The third-order valence-corrected chi connectivity index (χ3v) is 2.14. The lowest BCUT2D eigenvalue weighted by molar-refractivity contribution is -0.107. The number of benzene rings is 1. The van der Waals surface area contributed by atoms with Gasteiger partial charge in [-0.25, -0.2) is 0 Å². The lowest BCUT2D eigenvalue weighted by Gasteiger charge is -2.05. The standard InChI is InChI=1S/C11H10O3/c1-8-10(2-3-12)4-9(6-13)5-11(8)7-14/h3-7H,2H2,1H3. The van der Waals surface area contributed by atoms with E-state index < -0.39 is 0 Å². The largest absolute Gasteiger partial charge is 0.303 e. The van der Waals surface area contributed by atoms with E-state index in [1.165, 1.54) is 6.07 Å². The summed E-state index contributed by atoms with van der Waals surface area (Å²) in [7, 11) is 0. The van der Waals surface area contributed by atoms with Crippen LogP contribution in [-0.4, -0.2) is 18.9 Å². The predicted molar refractivity (Wildman–Crippen MR) is 51.7 cm³/mol. The normalized spacial score (nSPS) is 9.50. The van der Waals surface area contributed by atoms with Gasteiger partial charge in [0, 0.05) is 17.5 Å². The summed E-state index contributed by atoms with van der Waals surface area (Å²) in [5.41, 5.74) is 2.38. The molecule has 1 rings (SSSR count). The molecule has 0 spiro atoms. The van der Waals surface area contributed by atoms with E-state index in [0.717, 1.165) is 17.4 Å². The molecule has 0 aliphatic heterocycles. The quantitative estimate of drug-likeness (QED) is 0.673. The van der Waals surface area contributed by atoms with Gasteiger partial charge in [0.2, 0.25) is 0 Å². The van der Waals surface area contributed by atoms with Gasteiger partial charge in [-0.2, -0.15) is 0 Å². The molecule has 0 saturated carbocycles. The van der Waals surface area contributed by atoms with Crippen molar-refractivity contribution in [3.63, 3.8) is 0 Å². The van der Waals surface area contributed by atoms with Crippen molar-refractivity contribution in [2.24, 2.45) is 0 Å². The van der Waals surface area contributed by atoms with Crippen LogP contribution in [0.15, 0.2) is 12.1 Å². The second-order valence-corrected chi connectivity index (χ2v) is 3.00.